The minimum Gasteiger partial charge on any atom is -0.276 e. The minimum atomic E-state index is -3.77. The lowest BCUT2D eigenvalue weighted by Crippen LogP contribution is -2.17. The third-order valence-electron chi connectivity index (χ3n) is 4.71. The summed E-state index contributed by atoms with van der Waals surface area (Å²) in [6.45, 7) is 9.43. The number of hydrogen-bond acceptors (Lipinski definition) is 3. The average molecular weight is 402 g/mol. The predicted octanol–water partition coefficient (Wildman–Crippen LogP) is 4.41. The van der Waals surface area contributed by atoms with Gasteiger partial charge in [-0.25, -0.2) is 12.8 Å². The number of sulfonamides is 1. The molecule has 3 rings (SSSR count). The number of nitrogens with zero attached hydrogens (tertiary/aromatic N) is 2. The number of aryl methyl sites for hydroxylation is 4. The van der Waals surface area contributed by atoms with E-state index in [4.69, 9.17) is 0 Å². The van der Waals surface area contributed by atoms with Crippen molar-refractivity contribution in [1.29, 1.82) is 0 Å². The Balaban J connectivity index is 1.96. The Morgan fingerprint density at radius 2 is 1.68 bits per heavy atom. The Hall–Kier alpha value is -2.67. The van der Waals surface area contributed by atoms with Gasteiger partial charge in [0.15, 0.2) is 0 Å². The fourth-order valence-electron chi connectivity index (χ4n) is 3.58. The van der Waals surface area contributed by atoms with Crippen LogP contribution >= 0.6 is 0 Å². The van der Waals surface area contributed by atoms with Crippen molar-refractivity contribution in [3.63, 3.8) is 0 Å². The van der Waals surface area contributed by atoms with E-state index >= 15 is 0 Å². The van der Waals surface area contributed by atoms with Crippen molar-refractivity contribution < 1.29 is 12.8 Å². The van der Waals surface area contributed by atoms with Crippen LogP contribution in [0, 0.1) is 40.4 Å². The molecular formula is C21H24FN3O2S. The lowest BCUT2D eigenvalue weighted by molar-refractivity contribution is 0.600. The molecule has 0 saturated heterocycles. The van der Waals surface area contributed by atoms with Crippen molar-refractivity contribution in [2.75, 3.05) is 4.72 Å². The third kappa shape index (κ3) is 3.94. The summed E-state index contributed by atoms with van der Waals surface area (Å²) in [5.41, 5.74) is 4.87. The Morgan fingerprint density at radius 3 is 2.29 bits per heavy atom. The van der Waals surface area contributed by atoms with E-state index in [9.17, 15) is 12.8 Å². The van der Waals surface area contributed by atoms with Crippen LogP contribution in [-0.4, -0.2) is 18.2 Å². The molecule has 0 amide bonds. The zero-order valence-electron chi connectivity index (χ0n) is 16.7. The Bertz CT molecular complexity index is 1130. The smallest absolute Gasteiger partial charge is 0.262 e. The number of hydrogen-bond donors (Lipinski definition) is 1. The number of rotatable bonds is 5. The van der Waals surface area contributed by atoms with Crippen molar-refractivity contribution in [3.8, 4) is 0 Å². The van der Waals surface area contributed by atoms with Gasteiger partial charge in [-0.15, -0.1) is 0 Å². The molecular weight excluding hydrogens is 377 g/mol. The van der Waals surface area contributed by atoms with Crippen LogP contribution < -0.4 is 4.72 Å². The van der Waals surface area contributed by atoms with Gasteiger partial charge >= 0.3 is 0 Å². The molecule has 3 aromatic rings. The highest BCUT2D eigenvalue weighted by Crippen LogP contribution is 2.27. The normalized spacial score (nSPS) is 11.6. The highest BCUT2D eigenvalue weighted by atomic mass is 32.2. The first-order valence-corrected chi connectivity index (χ1v) is 10.5. The van der Waals surface area contributed by atoms with Crippen molar-refractivity contribution in [2.24, 2.45) is 0 Å². The number of aromatic nitrogens is 2. The lowest BCUT2D eigenvalue weighted by Gasteiger charge is -2.14. The molecule has 1 aromatic heterocycles. The SMILES string of the molecule is Cc1cc(C)c(S(=O)(=O)Nc2c(C)nn(Cc3cccc(F)c3)c2C)c(C)c1. The fraction of sp³-hybridized carbons (Fsp3) is 0.286. The molecule has 0 aliphatic carbocycles. The number of halogens is 1. The maximum Gasteiger partial charge on any atom is 0.262 e. The molecule has 0 spiro atoms. The van der Waals surface area contributed by atoms with E-state index in [-0.39, 0.29) is 10.7 Å². The van der Waals surface area contributed by atoms with Crippen molar-refractivity contribution in [2.45, 2.75) is 46.1 Å². The molecule has 0 aliphatic rings. The van der Waals surface area contributed by atoms with E-state index in [0.29, 0.717) is 34.7 Å². The molecule has 0 bridgehead atoms. The largest absolute Gasteiger partial charge is 0.276 e. The van der Waals surface area contributed by atoms with Crippen LogP contribution in [0.15, 0.2) is 41.3 Å². The molecule has 0 unspecified atom stereocenters. The quantitative estimate of drug-likeness (QED) is 0.689. The van der Waals surface area contributed by atoms with Gasteiger partial charge in [0.25, 0.3) is 10.0 Å². The summed E-state index contributed by atoms with van der Waals surface area (Å²) in [6.07, 6.45) is 0. The van der Waals surface area contributed by atoms with Crippen LogP contribution in [0.4, 0.5) is 10.1 Å². The summed E-state index contributed by atoms with van der Waals surface area (Å²) in [4.78, 5) is 0.287. The first kappa shape index (κ1) is 20.1. The van der Waals surface area contributed by atoms with Gasteiger partial charge in [0.2, 0.25) is 0 Å². The molecule has 28 heavy (non-hydrogen) atoms. The lowest BCUT2D eigenvalue weighted by atomic mass is 10.1. The molecule has 0 atom stereocenters. The molecule has 0 aliphatic heterocycles. The zero-order valence-corrected chi connectivity index (χ0v) is 17.5. The van der Waals surface area contributed by atoms with Crippen molar-refractivity contribution in [3.05, 3.63) is 75.9 Å². The Labute approximate surface area is 165 Å². The Kier molecular flexibility index (Phi) is 5.30. The predicted molar refractivity (Wildman–Crippen MR) is 109 cm³/mol. The summed E-state index contributed by atoms with van der Waals surface area (Å²) in [7, 11) is -3.77. The highest BCUT2D eigenvalue weighted by Gasteiger charge is 2.23. The van der Waals surface area contributed by atoms with Gasteiger partial charge in [-0.3, -0.25) is 9.40 Å². The Morgan fingerprint density at radius 1 is 1.04 bits per heavy atom. The number of nitrogens with one attached hydrogen (secondary N) is 1. The van der Waals surface area contributed by atoms with Crippen molar-refractivity contribution >= 4 is 15.7 Å². The summed E-state index contributed by atoms with van der Waals surface area (Å²) in [6, 6.07) is 9.99. The summed E-state index contributed by atoms with van der Waals surface area (Å²) >= 11 is 0. The molecule has 148 valence electrons. The average Bonchev–Trinajstić information content (AvgIpc) is 2.81. The second kappa shape index (κ2) is 7.39. The highest BCUT2D eigenvalue weighted by molar-refractivity contribution is 7.92. The maximum atomic E-state index is 13.4. The first-order chi connectivity index (χ1) is 13.1. The minimum absolute atomic E-state index is 0.287. The second-order valence-corrected chi connectivity index (χ2v) is 8.79. The van der Waals surface area contributed by atoms with E-state index in [0.717, 1.165) is 11.1 Å². The first-order valence-electron chi connectivity index (χ1n) is 8.97. The van der Waals surface area contributed by atoms with E-state index in [2.05, 4.69) is 9.82 Å². The molecule has 1 N–H and O–H groups in total. The van der Waals surface area contributed by atoms with Gasteiger partial charge in [-0.1, -0.05) is 29.8 Å². The van der Waals surface area contributed by atoms with Crippen LogP contribution in [0.2, 0.25) is 0 Å². The van der Waals surface area contributed by atoms with Crippen molar-refractivity contribution in [1.82, 2.24) is 9.78 Å². The van der Waals surface area contributed by atoms with Gasteiger partial charge in [0.05, 0.1) is 28.5 Å². The third-order valence-corrected chi connectivity index (χ3v) is 6.37. The summed E-state index contributed by atoms with van der Waals surface area (Å²) < 4.78 is 44.0. The standard InChI is InChI=1S/C21H24FN3O2S/c1-13-9-14(2)21(15(3)10-13)28(26,27)24-20-16(4)23-25(17(20)5)12-18-7-6-8-19(22)11-18/h6-11,24H,12H2,1-5H3. The molecule has 2 aromatic carbocycles. The summed E-state index contributed by atoms with van der Waals surface area (Å²) in [5, 5.41) is 4.44. The van der Waals surface area contributed by atoms with Gasteiger partial charge in [-0.05, 0) is 63.4 Å². The van der Waals surface area contributed by atoms with Crippen LogP contribution in [0.5, 0.6) is 0 Å². The van der Waals surface area contributed by atoms with Gasteiger partial charge in [-0.2, -0.15) is 5.10 Å². The molecule has 0 radical (unpaired) electrons. The monoisotopic (exact) mass is 401 g/mol. The molecule has 1 heterocycles. The molecule has 5 nitrogen and oxygen atoms in total. The molecule has 0 fully saturated rings. The zero-order chi connectivity index (χ0) is 20.6. The van der Waals surface area contributed by atoms with Gasteiger partial charge in [0, 0.05) is 0 Å². The van der Waals surface area contributed by atoms with E-state index in [1.165, 1.54) is 12.1 Å². The maximum absolute atomic E-state index is 13.4. The number of anilines is 1. The van der Waals surface area contributed by atoms with Crippen LogP contribution in [0.25, 0.3) is 0 Å². The summed E-state index contributed by atoms with van der Waals surface area (Å²) in [5.74, 6) is -0.315. The topological polar surface area (TPSA) is 64.0 Å². The van der Waals surface area contributed by atoms with E-state index < -0.39 is 10.0 Å². The second-order valence-electron chi connectivity index (χ2n) is 7.17. The van der Waals surface area contributed by atoms with Gasteiger partial charge in [0.1, 0.15) is 5.82 Å². The van der Waals surface area contributed by atoms with Crippen LogP contribution in [0.3, 0.4) is 0 Å². The fourth-order valence-corrected chi connectivity index (χ4v) is 5.21. The number of benzene rings is 2. The van der Waals surface area contributed by atoms with Gasteiger partial charge < -0.3 is 0 Å². The van der Waals surface area contributed by atoms with E-state index in [1.807, 2.05) is 25.1 Å². The molecule has 0 saturated carbocycles. The molecule has 7 heteroatoms. The van der Waals surface area contributed by atoms with Crippen LogP contribution in [0.1, 0.15) is 33.6 Å². The van der Waals surface area contributed by atoms with Crippen LogP contribution in [-0.2, 0) is 16.6 Å². The van der Waals surface area contributed by atoms with E-state index in [1.54, 1.807) is 38.4 Å².